The normalized spacial score (nSPS) is 12.2. The maximum absolute atomic E-state index is 11.8. The molecule has 4 heteroatoms. The molecule has 1 rings (SSSR count). The topological polar surface area (TPSA) is 29.1 Å². The van der Waals surface area contributed by atoms with Crippen LogP contribution in [0.5, 0.6) is 0 Å². The molecule has 1 amide bonds. The minimum atomic E-state index is -0.00532. The summed E-state index contributed by atoms with van der Waals surface area (Å²) in [6, 6.07) is 7.42. The van der Waals surface area contributed by atoms with Crippen LogP contribution in [0.15, 0.2) is 28.7 Å². The highest BCUT2D eigenvalue weighted by Crippen LogP contribution is 2.11. The molecule has 16 heavy (non-hydrogen) atoms. The highest BCUT2D eigenvalue weighted by Gasteiger charge is 2.07. The standard InChI is InChI=1S/C12H16BrNOS/c1-9(8-16-2)7-14-12(15)10-4-3-5-11(13)6-10/h3-6,9H,7-8H2,1-2H3,(H,14,15). The minimum absolute atomic E-state index is 0.00532. The van der Waals surface area contributed by atoms with Gasteiger partial charge in [0, 0.05) is 16.6 Å². The fourth-order valence-corrected chi connectivity index (χ4v) is 2.43. The second kappa shape index (κ2) is 6.97. The molecule has 2 nitrogen and oxygen atoms in total. The SMILES string of the molecule is CSCC(C)CNC(=O)c1cccc(Br)c1. The lowest BCUT2D eigenvalue weighted by molar-refractivity contribution is 0.0949. The third-order valence-electron chi connectivity index (χ3n) is 2.15. The molecule has 0 saturated carbocycles. The van der Waals surface area contributed by atoms with Crippen LogP contribution in [0.1, 0.15) is 17.3 Å². The van der Waals surface area contributed by atoms with Gasteiger partial charge in [0.25, 0.3) is 5.91 Å². The molecule has 0 radical (unpaired) electrons. The van der Waals surface area contributed by atoms with Crippen molar-refractivity contribution in [1.82, 2.24) is 5.32 Å². The Morgan fingerprint density at radius 2 is 2.31 bits per heavy atom. The van der Waals surface area contributed by atoms with E-state index in [0.29, 0.717) is 11.5 Å². The van der Waals surface area contributed by atoms with Crippen LogP contribution in [-0.4, -0.2) is 24.5 Å². The van der Waals surface area contributed by atoms with Gasteiger partial charge < -0.3 is 5.32 Å². The van der Waals surface area contributed by atoms with Crippen LogP contribution < -0.4 is 5.32 Å². The Bertz CT molecular complexity index is 357. The van der Waals surface area contributed by atoms with Crippen LogP contribution in [0.4, 0.5) is 0 Å². The van der Waals surface area contributed by atoms with E-state index in [4.69, 9.17) is 0 Å². The maximum Gasteiger partial charge on any atom is 0.251 e. The van der Waals surface area contributed by atoms with Gasteiger partial charge in [0.05, 0.1) is 0 Å². The Morgan fingerprint density at radius 1 is 1.56 bits per heavy atom. The lowest BCUT2D eigenvalue weighted by Gasteiger charge is -2.11. The fourth-order valence-electron chi connectivity index (χ4n) is 1.34. The predicted molar refractivity (Wildman–Crippen MR) is 74.0 cm³/mol. The lowest BCUT2D eigenvalue weighted by atomic mass is 10.2. The Balaban J connectivity index is 2.47. The minimum Gasteiger partial charge on any atom is -0.352 e. The van der Waals surface area contributed by atoms with Gasteiger partial charge in [0.15, 0.2) is 0 Å². The molecule has 0 heterocycles. The van der Waals surface area contributed by atoms with Crippen molar-refractivity contribution in [3.63, 3.8) is 0 Å². The quantitative estimate of drug-likeness (QED) is 0.905. The van der Waals surface area contributed by atoms with E-state index in [0.717, 1.165) is 16.8 Å². The zero-order valence-electron chi connectivity index (χ0n) is 9.50. The van der Waals surface area contributed by atoms with Crippen LogP contribution in [0.3, 0.4) is 0 Å². The summed E-state index contributed by atoms with van der Waals surface area (Å²) in [5.41, 5.74) is 0.700. The first-order valence-electron chi connectivity index (χ1n) is 5.16. The zero-order valence-corrected chi connectivity index (χ0v) is 11.9. The van der Waals surface area contributed by atoms with Crippen LogP contribution in [0, 0.1) is 5.92 Å². The van der Waals surface area contributed by atoms with E-state index in [1.54, 1.807) is 11.8 Å². The highest BCUT2D eigenvalue weighted by molar-refractivity contribution is 9.10. The highest BCUT2D eigenvalue weighted by atomic mass is 79.9. The smallest absolute Gasteiger partial charge is 0.251 e. The number of carbonyl (C=O) groups excluding carboxylic acids is 1. The summed E-state index contributed by atoms with van der Waals surface area (Å²) in [6.45, 7) is 2.86. The van der Waals surface area contributed by atoms with Crippen molar-refractivity contribution in [2.75, 3.05) is 18.6 Å². The molecule has 0 saturated heterocycles. The number of rotatable bonds is 5. The zero-order chi connectivity index (χ0) is 12.0. The molecule has 1 aromatic rings. The number of hydrogen-bond acceptors (Lipinski definition) is 2. The van der Waals surface area contributed by atoms with Gasteiger partial charge in [-0.05, 0) is 36.1 Å². The fraction of sp³-hybridized carbons (Fsp3) is 0.417. The van der Waals surface area contributed by atoms with E-state index in [2.05, 4.69) is 34.4 Å². The first kappa shape index (κ1) is 13.6. The van der Waals surface area contributed by atoms with Crippen molar-refractivity contribution in [3.05, 3.63) is 34.3 Å². The molecule has 0 aliphatic heterocycles. The second-order valence-corrected chi connectivity index (χ2v) is 5.61. The molecule has 88 valence electrons. The van der Waals surface area contributed by atoms with Crippen molar-refractivity contribution >= 4 is 33.6 Å². The van der Waals surface area contributed by atoms with Crippen molar-refractivity contribution in [3.8, 4) is 0 Å². The number of amides is 1. The molecule has 0 aromatic heterocycles. The predicted octanol–water partition coefficient (Wildman–Crippen LogP) is 3.18. The van der Waals surface area contributed by atoms with Crippen LogP contribution in [0.25, 0.3) is 0 Å². The Kier molecular flexibility index (Phi) is 5.91. The molecule has 1 N–H and O–H groups in total. The number of nitrogens with one attached hydrogen (secondary N) is 1. The third-order valence-corrected chi connectivity index (χ3v) is 3.54. The first-order chi connectivity index (χ1) is 7.63. The molecule has 1 unspecified atom stereocenters. The van der Waals surface area contributed by atoms with Gasteiger partial charge in [0.2, 0.25) is 0 Å². The summed E-state index contributed by atoms with van der Waals surface area (Å²) in [5.74, 6) is 1.57. The first-order valence-corrected chi connectivity index (χ1v) is 7.35. The molecule has 0 aliphatic rings. The van der Waals surface area contributed by atoms with Gasteiger partial charge in [-0.1, -0.05) is 28.9 Å². The molecule has 0 bridgehead atoms. The van der Waals surface area contributed by atoms with Crippen molar-refractivity contribution in [1.29, 1.82) is 0 Å². The van der Waals surface area contributed by atoms with Crippen molar-refractivity contribution < 1.29 is 4.79 Å². The van der Waals surface area contributed by atoms with Gasteiger partial charge in [-0.3, -0.25) is 4.79 Å². The maximum atomic E-state index is 11.8. The average molecular weight is 302 g/mol. The van der Waals surface area contributed by atoms with Crippen molar-refractivity contribution in [2.24, 2.45) is 5.92 Å². The van der Waals surface area contributed by atoms with Gasteiger partial charge in [0.1, 0.15) is 0 Å². The molecule has 1 atom stereocenters. The van der Waals surface area contributed by atoms with E-state index in [9.17, 15) is 4.79 Å². The van der Waals surface area contributed by atoms with E-state index in [1.807, 2.05) is 24.3 Å². The second-order valence-electron chi connectivity index (χ2n) is 3.78. The summed E-state index contributed by atoms with van der Waals surface area (Å²) in [5, 5.41) is 2.94. The molecular weight excluding hydrogens is 286 g/mol. The number of hydrogen-bond donors (Lipinski definition) is 1. The summed E-state index contributed by atoms with van der Waals surface area (Å²) in [4.78, 5) is 11.8. The van der Waals surface area contributed by atoms with Gasteiger partial charge in [-0.15, -0.1) is 0 Å². The summed E-state index contributed by atoms with van der Waals surface area (Å²) >= 11 is 5.15. The summed E-state index contributed by atoms with van der Waals surface area (Å²) in [6.07, 6.45) is 2.08. The van der Waals surface area contributed by atoms with E-state index < -0.39 is 0 Å². The monoisotopic (exact) mass is 301 g/mol. The number of thioether (sulfide) groups is 1. The Hall–Kier alpha value is -0.480. The largest absolute Gasteiger partial charge is 0.352 e. The lowest BCUT2D eigenvalue weighted by Crippen LogP contribution is -2.29. The molecule has 0 aliphatic carbocycles. The Labute approximate surface area is 109 Å². The molecular formula is C12H16BrNOS. The van der Waals surface area contributed by atoms with Gasteiger partial charge in [-0.25, -0.2) is 0 Å². The summed E-state index contributed by atoms with van der Waals surface area (Å²) < 4.78 is 0.928. The summed E-state index contributed by atoms with van der Waals surface area (Å²) in [7, 11) is 0. The van der Waals surface area contributed by atoms with E-state index in [-0.39, 0.29) is 5.91 Å². The van der Waals surface area contributed by atoms with Gasteiger partial charge >= 0.3 is 0 Å². The van der Waals surface area contributed by atoms with E-state index >= 15 is 0 Å². The van der Waals surface area contributed by atoms with Crippen LogP contribution >= 0.6 is 27.7 Å². The van der Waals surface area contributed by atoms with E-state index in [1.165, 1.54) is 0 Å². The average Bonchev–Trinajstić information content (AvgIpc) is 2.26. The number of benzene rings is 1. The van der Waals surface area contributed by atoms with Crippen LogP contribution in [0.2, 0.25) is 0 Å². The van der Waals surface area contributed by atoms with Gasteiger partial charge in [-0.2, -0.15) is 11.8 Å². The Morgan fingerprint density at radius 3 is 2.94 bits per heavy atom. The molecule has 1 aromatic carbocycles. The number of carbonyl (C=O) groups is 1. The van der Waals surface area contributed by atoms with Crippen LogP contribution in [-0.2, 0) is 0 Å². The van der Waals surface area contributed by atoms with Crippen molar-refractivity contribution in [2.45, 2.75) is 6.92 Å². The molecule has 0 spiro atoms. The number of halogens is 1. The third kappa shape index (κ3) is 4.58. The molecule has 0 fully saturated rings.